The summed E-state index contributed by atoms with van der Waals surface area (Å²) in [6, 6.07) is 41.3. The molecule has 2 atom stereocenters. The second kappa shape index (κ2) is 19.8. The number of rotatable bonds is 9. The summed E-state index contributed by atoms with van der Waals surface area (Å²) in [5.74, 6) is -0.446. The summed E-state index contributed by atoms with van der Waals surface area (Å²) in [6.45, 7) is 5.50. The van der Waals surface area contributed by atoms with Gasteiger partial charge in [0.15, 0.2) is 17.2 Å². The van der Waals surface area contributed by atoms with Gasteiger partial charge in [-0.1, -0.05) is 84.9 Å². The number of fused-ring (bicyclic) bond motifs is 4. The number of aliphatic carboxylic acids is 1. The molecule has 1 aromatic heterocycles. The minimum atomic E-state index is -0.900. The molecule has 11 nitrogen and oxygen atoms in total. The first-order chi connectivity index (χ1) is 29.3. The fraction of sp³-hybridized carbons (Fsp3) is 0.286. The Hall–Kier alpha value is -6.11. The summed E-state index contributed by atoms with van der Waals surface area (Å²) >= 11 is 0. The number of phenols is 1. The highest BCUT2D eigenvalue weighted by Crippen LogP contribution is 2.41. The standard InChI is InChI=1S/C22H26N4O.C21H24N2O4.C6H6/c1-27-25-16-6-8-17(9-7-16)26-14-11-22(12-15-26)21-19(10-13-23-22)18-4-2-3-5-20(18)24-21;1-3-27-20-9-8-13(12-19(20)24)17-10-14(11-18(23-17)21(25)26)15-6-4-5-7-16(15)22-2;1-2-4-6-5-3-1/h2-9,23-25H,10-15H2,1H3;4-10,12,17-18,22-24H,3,11H2,1-2H3,(H,25,26);1-6H/p+1. The van der Waals surface area contributed by atoms with Crippen LogP contribution in [0.25, 0.3) is 16.5 Å². The Labute approximate surface area is 352 Å². The number of piperidine rings is 1. The molecule has 0 radical (unpaired) electrons. The largest absolute Gasteiger partial charge is 0.504 e. The predicted molar refractivity (Wildman–Crippen MR) is 240 cm³/mol. The summed E-state index contributed by atoms with van der Waals surface area (Å²) in [4.78, 5) is 23.0. The number of carboxylic acids is 1. The highest BCUT2D eigenvalue weighted by molar-refractivity contribution is 5.86. The molecule has 11 heteroatoms. The van der Waals surface area contributed by atoms with Crippen LogP contribution < -0.4 is 31.1 Å². The Bertz CT molecular complexity index is 2330. The summed E-state index contributed by atoms with van der Waals surface area (Å²) in [6.07, 6.45) is 5.76. The number of carboxylic acid groups (broad SMARTS) is 1. The maximum atomic E-state index is 11.7. The number of para-hydroxylation sites is 2. The average molecular weight is 810 g/mol. The molecule has 3 aliphatic heterocycles. The molecule has 1 spiro atoms. The van der Waals surface area contributed by atoms with Gasteiger partial charge >= 0.3 is 5.97 Å². The first-order valence-electron chi connectivity index (χ1n) is 20.8. The first kappa shape index (κ1) is 42.0. The van der Waals surface area contributed by atoms with Crippen LogP contribution in [0.15, 0.2) is 133 Å². The van der Waals surface area contributed by atoms with Crippen molar-refractivity contribution in [2.24, 2.45) is 0 Å². The number of aromatic nitrogens is 1. The van der Waals surface area contributed by atoms with Gasteiger partial charge in [0.2, 0.25) is 0 Å². The molecular formula is C49H57N6O5+. The molecule has 0 saturated carbocycles. The molecular weight excluding hydrogens is 753 g/mol. The minimum absolute atomic E-state index is 0.0409. The van der Waals surface area contributed by atoms with Gasteiger partial charge in [-0.05, 0) is 85.7 Å². The predicted octanol–water partition coefficient (Wildman–Crippen LogP) is 7.66. The molecule has 4 heterocycles. The lowest BCUT2D eigenvalue weighted by Gasteiger charge is -2.45. The summed E-state index contributed by atoms with van der Waals surface area (Å²) < 4.78 is 5.37. The number of nitrogens with two attached hydrogens (primary N) is 1. The number of nitrogens with one attached hydrogen (secondary N) is 4. The van der Waals surface area contributed by atoms with Crippen molar-refractivity contribution in [3.8, 4) is 11.5 Å². The van der Waals surface area contributed by atoms with Crippen LogP contribution in [0.3, 0.4) is 0 Å². The second-order valence-electron chi connectivity index (χ2n) is 15.3. The Morgan fingerprint density at radius 1 is 0.917 bits per heavy atom. The van der Waals surface area contributed by atoms with E-state index in [9.17, 15) is 15.0 Å². The number of H-pyrrole nitrogens is 1. The maximum absolute atomic E-state index is 11.7. The van der Waals surface area contributed by atoms with Gasteiger partial charge in [0, 0.05) is 72.3 Å². The highest BCUT2D eigenvalue weighted by atomic mass is 16.6. The molecule has 1 fully saturated rings. The van der Waals surface area contributed by atoms with Crippen molar-refractivity contribution in [1.29, 1.82) is 0 Å². The molecule has 0 aliphatic carbocycles. The number of hydrogen-bond donors (Lipinski definition) is 7. The van der Waals surface area contributed by atoms with E-state index in [1.165, 1.54) is 27.8 Å². The lowest BCUT2D eigenvalue weighted by Crippen LogP contribution is -2.75. The number of nitrogens with zero attached hydrogens (tertiary/aromatic N) is 1. The van der Waals surface area contributed by atoms with E-state index in [2.05, 4.69) is 74.4 Å². The third kappa shape index (κ3) is 9.67. The lowest BCUT2D eigenvalue weighted by atomic mass is 9.79. The molecule has 1 saturated heterocycles. The van der Waals surface area contributed by atoms with E-state index in [0.29, 0.717) is 18.8 Å². The van der Waals surface area contributed by atoms with E-state index in [1.54, 1.807) is 24.7 Å². The van der Waals surface area contributed by atoms with Crippen molar-refractivity contribution in [3.63, 3.8) is 0 Å². The van der Waals surface area contributed by atoms with Crippen molar-refractivity contribution in [2.75, 3.05) is 50.6 Å². The monoisotopic (exact) mass is 809 g/mol. The van der Waals surface area contributed by atoms with Crippen LogP contribution in [0.1, 0.15) is 54.6 Å². The molecule has 8 N–H and O–H groups in total. The number of ether oxygens (including phenoxy) is 1. The molecule has 312 valence electrons. The zero-order valence-corrected chi connectivity index (χ0v) is 34.7. The van der Waals surface area contributed by atoms with Gasteiger partial charge in [-0.3, -0.25) is 10.1 Å². The first-order valence-corrected chi connectivity index (χ1v) is 20.8. The van der Waals surface area contributed by atoms with E-state index in [0.717, 1.165) is 67.0 Å². The number of carbonyl (C=O) groups is 1. The lowest BCUT2D eigenvalue weighted by molar-refractivity contribution is -0.830. The third-order valence-corrected chi connectivity index (χ3v) is 11.6. The van der Waals surface area contributed by atoms with Gasteiger partial charge in [0.25, 0.3) is 0 Å². The quantitative estimate of drug-likeness (QED) is 0.0578. The molecule has 60 heavy (non-hydrogen) atoms. The number of quaternary nitrogens is 1. The average Bonchev–Trinajstić information content (AvgIpc) is 3.69. The van der Waals surface area contributed by atoms with Gasteiger partial charge in [-0.15, -0.1) is 0 Å². The van der Waals surface area contributed by atoms with Gasteiger partial charge < -0.3 is 35.5 Å². The highest BCUT2D eigenvalue weighted by Gasteiger charge is 2.41. The summed E-state index contributed by atoms with van der Waals surface area (Å²) in [7, 11) is 3.53. The van der Waals surface area contributed by atoms with Gasteiger partial charge in [-0.25, -0.2) is 4.84 Å². The number of hydrogen-bond acceptors (Lipinski definition) is 8. The zero-order chi connectivity index (χ0) is 41.9. The number of aromatic hydroxyl groups is 1. The molecule has 0 bridgehead atoms. The fourth-order valence-electron chi connectivity index (χ4n) is 8.59. The van der Waals surface area contributed by atoms with Crippen molar-refractivity contribution in [2.45, 2.75) is 50.2 Å². The topological polar surface area (TPSA) is 148 Å². The molecule has 6 aromatic rings. The Balaban J connectivity index is 0.000000159. The van der Waals surface area contributed by atoms with Crippen LogP contribution in [-0.2, 0) is 21.6 Å². The molecule has 5 aromatic carbocycles. The Morgan fingerprint density at radius 3 is 2.28 bits per heavy atom. The van der Waals surface area contributed by atoms with Crippen LogP contribution in [0.5, 0.6) is 11.5 Å². The molecule has 0 amide bonds. The van der Waals surface area contributed by atoms with Crippen molar-refractivity contribution >= 4 is 39.5 Å². The van der Waals surface area contributed by atoms with Crippen LogP contribution >= 0.6 is 0 Å². The molecule has 9 rings (SSSR count). The zero-order valence-electron chi connectivity index (χ0n) is 34.7. The Morgan fingerprint density at radius 2 is 1.62 bits per heavy atom. The van der Waals surface area contributed by atoms with E-state index >= 15 is 0 Å². The van der Waals surface area contributed by atoms with Crippen LogP contribution in [0.4, 0.5) is 17.1 Å². The smallest absolute Gasteiger partial charge is 0.321 e. The number of aromatic amines is 1. The molecule has 2 unspecified atom stereocenters. The summed E-state index contributed by atoms with van der Waals surface area (Å²) in [5, 5.41) is 31.3. The van der Waals surface area contributed by atoms with E-state index in [1.807, 2.05) is 86.8 Å². The van der Waals surface area contributed by atoms with Crippen molar-refractivity contribution in [1.82, 2.24) is 15.6 Å². The molecule has 3 aliphatic rings. The van der Waals surface area contributed by atoms with Gasteiger partial charge in [-0.2, -0.15) is 5.48 Å². The van der Waals surface area contributed by atoms with E-state index < -0.39 is 12.0 Å². The normalized spacial score (nSPS) is 17.9. The third-order valence-electron chi connectivity index (χ3n) is 11.6. The van der Waals surface area contributed by atoms with Crippen LogP contribution in [0, 0.1) is 0 Å². The minimum Gasteiger partial charge on any atom is -0.504 e. The number of benzene rings is 5. The second-order valence-corrected chi connectivity index (χ2v) is 15.3. The maximum Gasteiger partial charge on any atom is 0.321 e. The van der Waals surface area contributed by atoms with E-state index in [4.69, 9.17) is 9.57 Å². The SMILES string of the molecule is CCOc1ccc(C2C=C(c3ccccc3NC)CC(C(=O)O)N2)cc1O.CO[NH2+]c1ccc(N2CCC3(CC2)NCCc2c3[nH]c3ccccc23)cc1.c1ccccc1. The van der Waals surface area contributed by atoms with E-state index in [-0.39, 0.29) is 17.3 Å². The van der Waals surface area contributed by atoms with Gasteiger partial charge in [0.1, 0.15) is 6.04 Å². The summed E-state index contributed by atoms with van der Waals surface area (Å²) in [5.41, 5.74) is 12.2. The van der Waals surface area contributed by atoms with Crippen LogP contribution in [0.2, 0.25) is 0 Å². The van der Waals surface area contributed by atoms with Gasteiger partial charge in [0.05, 0.1) is 25.3 Å². The fourth-order valence-corrected chi connectivity index (χ4v) is 8.59. The van der Waals surface area contributed by atoms with Crippen molar-refractivity contribution < 1.29 is 30.1 Å². The number of phenolic OH excluding ortho intramolecular Hbond substituents is 1. The van der Waals surface area contributed by atoms with Crippen LogP contribution in [-0.4, -0.2) is 67.6 Å². The number of anilines is 2. The van der Waals surface area contributed by atoms with Crippen molar-refractivity contribution in [3.05, 3.63) is 156 Å². The Kier molecular flexibility index (Phi) is 13.8.